The Morgan fingerprint density at radius 2 is 2.17 bits per heavy atom. The number of aliphatic carboxylic acids is 1. The van der Waals surface area contributed by atoms with Crippen LogP contribution in [0.5, 0.6) is 5.75 Å². The highest BCUT2D eigenvalue weighted by Crippen LogP contribution is 2.31. The van der Waals surface area contributed by atoms with Crippen molar-refractivity contribution in [1.82, 2.24) is 14.9 Å². The minimum atomic E-state index is -0.766. The summed E-state index contributed by atoms with van der Waals surface area (Å²) in [5.74, 6) is 0.868. The predicted molar refractivity (Wildman–Crippen MR) is 112 cm³/mol. The van der Waals surface area contributed by atoms with E-state index < -0.39 is 5.97 Å². The Morgan fingerprint density at radius 1 is 1.30 bits per heavy atom. The van der Waals surface area contributed by atoms with Crippen LogP contribution < -0.4 is 4.74 Å². The summed E-state index contributed by atoms with van der Waals surface area (Å²) in [4.78, 5) is 21.7. The summed E-state index contributed by atoms with van der Waals surface area (Å²) in [6.45, 7) is 2.22. The zero-order chi connectivity index (χ0) is 21.1. The number of hydrogen-bond donors (Lipinski definition) is 2. The van der Waals surface area contributed by atoms with Gasteiger partial charge in [-0.15, -0.1) is 0 Å². The number of carboxylic acids is 1. The molecule has 0 spiro atoms. The van der Waals surface area contributed by atoms with Crippen LogP contribution in [-0.2, 0) is 17.8 Å². The monoisotopic (exact) mass is 411 g/mol. The number of H-pyrrole nitrogens is 1. The van der Waals surface area contributed by atoms with Gasteiger partial charge < -0.3 is 14.8 Å². The van der Waals surface area contributed by atoms with Crippen molar-refractivity contribution in [3.05, 3.63) is 59.7 Å². The van der Waals surface area contributed by atoms with Crippen molar-refractivity contribution in [2.75, 3.05) is 20.2 Å². The number of hydrogen-bond acceptors (Lipinski definition) is 4. The molecule has 1 aliphatic rings. The van der Waals surface area contributed by atoms with Gasteiger partial charge in [0.05, 0.1) is 18.1 Å². The molecule has 2 atom stereocenters. The van der Waals surface area contributed by atoms with Crippen molar-refractivity contribution in [2.24, 2.45) is 11.8 Å². The molecule has 30 heavy (non-hydrogen) atoms. The number of benzene rings is 2. The number of likely N-dealkylation sites (tertiary alicyclic amines) is 1. The standard InChI is InChI=1S/C23H26FN3O3/c1-30-19-5-6-20-21(12-19)26-22(25-20)10-17-14-27(8-7-16(17)11-23(28)29)13-15-3-2-4-18(24)9-15/h2-6,9,12,16-17H,7-8,10-11,13-14H2,1H3,(H,25,26)(H,28,29). The number of carboxylic acid groups (broad SMARTS) is 1. The first-order valence-electron chi connectivity index (χ1n) is 10.2. The molecule has 1 aliphatic heterocycles. The lowest BCUT2D eigenvalue weighted by molar-refractivity contribution is -0.139. The number of methoxy groups -OCH3 is 1. The molecule has 4 rings (SSSR count). The Kier molecular flexibility index (Phi) is 5.99. The van der Waals surface area contributed by atoms with Gasteiger partial charge in [-0.2, -0.15) is 0 Å². The number of piperidine rings is 1. The van der Waals surface area contributed by atoms with Crippen LogP contribution >= 0.6 is 0 Å². The van der Waals surface area contributed by atoms with Crippen LogP contribution in [0.4, 0.5) is 4.39 Å². The van der Waals surface area contributed by atoms with E-state index in [1.165, 1.54) is 6.07 Å². The minimum absolute atomic E-state index is 0.0917. The fraction of sp³-hybridized carbons (Fsp3) is 0.391. The minimum Gasteiger partial charge on any atom is -0.497 e. The molecule has 0 radical (unpaired) electrons. The van der Waals surface area contributed by atoms with Crippen LogP contribution in [-0.4, -0.2) is 46.1 Å². The highest BCUT2D eigenvalue weighted by molar-refractivity contribution is 5.76. The number of nitrogens with one attached hydrogen (secondary N) is 1. The Labute approximate surface area is 174 Å². The van der Waals surface area contributed by atoms with Crippen molar-refractivity contribution in [1.29, 1.82) is 0 Å². The van der Waals surface area contributed by atoms with Crippen molar-refractivity contribution >= 4 is 17.0 Å². The van der Waals surface area contributed by atoms with Crippen LogP contribution in [0.3, 0.4) is 0 Å². The number of imidazole rings is 1. The molecule has 3 aromatic rings. The summed E-state index contributed by atoms with van der Waals surface area (Å²) in [7, 11) is 1.63. The lowest BCUT2D eigenvalue weighted by atomic mass is 9.81. The summed E-state index contributed by atoms with van der Waals surface area (Å²) in [6.07, 6.45) is 1.64. The maximum absolute atomic E-state index is 13.5. The average Bonchev–Trinajstić information content (AvgIpc) is 3.11. The number of ether oxygens (including phenoxy) is 1. The number of aromatic amines is 1. The highest BCUT2D eigenvalue weighted by Gasteiger charge is 2.31. The molecular weight excluding hydrogens is 385 g/mol. The Hall–Kier alpha value is -2.93. The smallest absolute Gasteiger partial charge is 0.303 e. The van der Waals surface area contributed by atoms with Crippen LogP contribution in [0.25, 0.3) is 11.0 Å². The number of fused-ring (bicyclic) bond motifs is 1. The van der Waals surface area contributed by atoms with Gasteiger partial charge in [-0.05, 0) is 54.6 Å². The summed E-state index contributed by atoms with van der Waals surface area (Å²) in [6, 6.07) is 12.4. The van der Waals surface area contributed by atoms with E-state index in [1.807, 2.05) is 24.3 Å². The molecule has 2 aromatic carbocycles. The number of carbonyl (C=O) groups is 1. The summed E-state index contributed by atoms with van der Waals surface area (Å²) in [5, 5.41) is 9.36. The first-order chi connectivity index (χ1) is 14.5. The van der Waals surface area contributed by atoms with Gasteiger partial charge in [0.25, 0.3) is 0 Å². The third-order valence-corrected chi connectivity index (χ3v) is 5.90. The fourth-order valence-electron chi connectivity index (χ4n) is 4.43. The Balaban J connectivity index is 1.51. The molecule has 2 heterocycles. The van der Waals surface area contributed by atoms with Gasteiger partial charge in [0.15, 0.2) is 0 Å². The first kappa shape index (κ1) is 20.3. The highest BCUT2D eigenvalue weighted by atomic mass is 19.1. The van der Waals surface area contributed by atoms with Gasteiger partial charge in [-0.3, -0.25) is 9.69 Å². The molecule has 0 bridgehead atoms. The second-order valence-electron chi connectivity index (χ2n) is 8.04. The molecule has 7 heteroatoms. The van der Waals surface area contributed by atoms with Crippen molar-refractivity contribution in [3.8, 4) is 5.75 Å². The average molecular weight is 411 g/mol. The van der Waals surface area contributed by atoms with E-state index in [2.05, 4.69) is 14.9 Å². The van der Waals surface area contributed by atoms with Crippen LogP contribution in [0, 0.1) is 17.7 Å². The number of nitrogens with zero attached hydrogens (tertiary/aromatic N) is 2. The molecular formula is C23H26FN3O3. The largest absolute Gasteiger partial charge is 0.497 e. The van der Waals surface area contributed by atoms with Crippen LogP contribution in [0.2, 0.25) is 0 Å². The van der Waals surface area contributed by atoms with E-state index in [0.717, 1.165) is 47.7 Å². The van der Waals surface area contributed by atoms with Gasteiger partial charge in [-0.25, -0.2) is 9.37 Å². The molecule has 1 aromatic heterocycles. The third-order valence-electron chi connectivity index (χ3n) is 5.90. The van der Waals surface area contributed by atoms with E-state index in [4.69, 9.17) is 4.74 Å². The molecule has 158 valence electrons. The number of rotatable bonds is 7. The molecule has 0 aliphatic carbocycles. The predicted octanol–water partition coefficient (Wildman–Crippen LogP) is 3.87. The lowest BCUT2D eigenvalue weighted by Crippen LogP contribution is -2.41. The molecule has 1 fully saturated rings. The molecule has 2 N–H and O–H groups in total. The van der Waals surface area contributed by atoms with E-state index in [9.17, 15) is 14.3 Å². The van der Waals surface area contributed by atoms with Crippen molar-refractivity contribution in [2.45, 2.75) is 25.8 Å². The number of aromatic nitrogens is 2. The second kappa shape index (κ2) is 8.83. The summed E-state index contributed by atoms with van der Waals surface area (Å²) in [5.41, 5.74) is 2.71. The molecule has 2 unspecified atom stereocenters. The van der Waals surface area contributed by atoms with E-state index in [0.29, 0.717) is 13.0 Å². The van der Waals surface area contributed by atoms with E-state index in [1.54, 1.807) is 19.2 Å². The van der Waals surface area contributed by atoms with Gasteiger partial charge in [0.1, 0.15) is 17.4 Å². The van der Waals surface area contributed by atoms with Gasteiger partial charge in [0.2, 0.25) is 0 Å². The zero-order valence-corrected chi connectivity index (χ0v) is 17.0. The van der Waals surface area contributed by atoms with E-state index >= 15 is 0 Å². The lowest BCUT2D eigenvalue weighted by Gasteiger charge is -2.38. The van der Waals surface area contributed by atoms with Gasteiger partial charge in [-0.1, -0.05) is 12.1 Å². The van der Waals surface area contributed by atoms with Gasteiger partial charge >= 0.3 is 5.97 Å². The van der Waals surface area contributed by atoms with Crippen LogP contribution in [0.1, 0.15) is 24.2 Å². The second-order valence-corrected chi connectivity index (χ2v) is 8.04. The summed E-state index contributed by atoms with van der Waals surface area (Å²) >= 11 is 0. The quantitative estimate of drug-likeness (QED) is 0.617. The fourth-order valence-corrected chi connectivity index (χ4v) is 4.43. The summed E-state index contributed by atoms with van der Waals surface area (Å²) < 4.78 is 18.8. The van der Waals surface area contributed by atoms with Crippen molar-refractivity contribution in [3.63, 3.8) is 0 Å². The topological polar surface area (TPSA) is 78.4 Å². The number of halogens is 1. The molecule has 1 saturated heterocycles. The maximum Gasteiger partial charge on any atom is 0.303 e. The molecule has 6 nitrogen and oxygen atoms in total. The Bertz CT molecular complexity index is 1040. The van der Waals surface area contributed by atoms with Crippen LogP contribution in [0.15, 0.2) is 42.5 Å². The normalized spacial score (nSPS) is 19.8. The van der Waals surface area contributed by atoms with E-state index in [-0.39, 0.29) is 24.1 Å². The van der Waals surface area contributed by atoms with Gasteiger partial charge in [0, 0.05) is 32.0 Å². The SMILES string of the molecule is COc1ccc2nc(CC3CN(Cc4cccc(F)c4)CCC3CC(=O)O)[nH]c2c1. The molecule has 0 saturated carbocycles. The molecule has 0 amide bonds. The van der Waals surface area contributed by atoms with Crippen molar-refractivity contribution < 1.29 is 19.0 Å². The Morgan fingerprint density at radius 3 is 2.93 bits per heavy atom. The first-order valence-corrected chi connectivity index (χ1v) is 10.2. The maximum atomic E-state index is 13.5. The third kappa shape index (κ3) is 4.79. The zero-order valence-electron chi connectivity index (χ0n) is 17.0.